The molecule has 0 atom stereocenters. The second-order valence-corrected chi connectivity index (χ2v) is 0.224. The molecule has 0 rings (SSSR count). The first-order valence-electron chi connectivity index (χ1n) is 0.724. The zero-order valence-corrected chi connectivity index (χ0v) is 1.95. The van der Waals surface area contributed by atoms with E-state index in [2.05, 4.69) is 0 Å². The van der Waals surface area contributed by atoms with Crippen LogP contribution in [0.2, 0.25) is 0 Å². The maximum atomic E-state index is 7.32. The molecule has 0 spiro atoms. The molecule has 0 unspecified atom stereocenters. The third-order valence-corrected chi connectivity index (χ3v) is 0. The standard InChI is InChI=1S/CH5NO.2Na.2H/c1-2-3;;;;/h2-3H,1H3;;;;. The van der Waals surface area contributed by atoms with Gasteiger partial charge in [0.2, 0.25) is 0 Å². The predicted molar refractivity (Wildman–Crippen MR) is 25.1 cm³/mol. The van der Waals surface area contributed by atoms with Gasteiger partial charge in [-0.15, -0.1) is 0 Å². The zero-order valence-electron chi connectivity index (χ0n) is 1.95. The topological polar surface area (TPSA) is 32.3 Å². The summed E-state index contributed by atoms with van der Waals surface area (Å²) in [4.78, 5) is 0. The molecule has 0 fully saturated rings. The Bertz CT molecular complexity index is 9.61. The van der Waals surface area contributed by atoms with Crippen molar-refractivity contribution in [2.24, 2.45) is 0 Å². The third-order valence-electron chi connectivity index (χ3n) is 0. The number of nitrogens with one attached hydrogen (secondary N) is 1. The van der Waals surface area contributed by atoms with E-state index >= 15 is 0 Å². The van der Waals surface area contributed by atoms with Gasteiger partial charge in [-0.2, -0.15) is 0 Å². The first-order chi connectivity index (χ1) is 1.41. The van der Waals surface area contributed by atoms with Crippen LogP contribution in [0, 0.1) is 0 Å². The summed E-state index contributed by atoms with van der Waals surface area (Å²) in [6.07, 6.45) is 0. The molecule has 0 saturated carbocycles. The summed E-state index contributed by atoms with van der Waals surface area (Å²) >= 11 is 0. The quantitative estimate of drug-likeness (QED) is 0.277. The summed E-state index contributed by atoms with van der Waals surface area (Å²) in [7, 11) is 1.43. The average Bonchev–Trinajstić information content (AvgIpc) is 0.918. The molecule has 0 aliphatic rings. The predicted octanol–water partition coefficient (Wildman–Crippen LogP) is -1.70. The molecule has 2 N–H and O–H groups in total. The fourth-order valence-electron chi connectivity index (χ4n) is 0. The second-order valence-electron chi connectivity index (χ2n) is 0.224. The van der Waals surface area contributed by atoms with Crippen molar-refractivity contribution >= 4 is 59.1 Å². The van der Waals surface area contributed by atoms with Crippen LogP contribution < -0.4 is 5.48 Å². The average molecular weight is 95.1 g/mol. The number of hydrogen-bond donors (Lipinski definition) is 2. The van der Waals surface area contributed by atoms with Crippen LogP contribution in [0.25, 0.3) is 0 Å². The van der Waals surface area contributed by atoms with E-state index in [9.17, 15) is 0 Å². The van der Waals surface area contributed by atoms with E-state index in [0.29, 0.717) is 0 Å². The Labute approximate surface area is 75.9 Å². The number of rotatable bonds is 0. The van der Waals surface area contributed by atoms with Crippen molar-refractivity contribution in [1.29, 1.82) is 0 Å². The zero-order chi connectivity index (χ0) is 2.71. The van der Waals surface area contributed by atoms with Crippen LogP contribution in [-0.4, -0.2) is 71.4 Å². The van der Waals surface area contributed by atoms with Crippen LogP contribution in [0.15, 0.2) is 0 Å². The van der Waals surface area contributed by atoms with Crippen molar-refractivity contribution in [2.45, 2.75) is 0 Å². The van der Waals surface area contributed by atoms with Gasteiger partial charge in [0.25, 0.3) is 0 Å². The van der Waals surface area contributed by atoms with E-state index in [0.717, 1.165) is 0 Å². The first kappa shape index (κ1) is 15.8. The first-order valence-corrected chi connectivity index (χ1v) is 0.724. The Morgan fingerprint density at radius 3 is 1.40 bits per heavy atom. The van der Waals surface area contributed by atoms with Crippen LogP contribution in [0.4, 0.5) is 0 Å². The minimum absolute atomic E-state index is 0. The van der Waals surface area contributed by atoms with Gasteiger partial charge < -0.3 is 5.21 Å². The Hall–Kier alpha value is 1.92. The SMILES string of the molecule is CNO.[NaH].[NaH]. The monoisotopic (exact) mass is 95.0 g/mol. The van der Waals surface area contributed by atoms with Gasteiger partial charge in [-0.1, -0.05) is 0 Å². The second kappa shape index (κ2) is 16.8. The third kappa shape index (κ3) is 24.7. The van der Waals surface area contributed by atoms with E-state index in [1.807, 2.05) is 0 Å². The van der Waals surface area contributed by atoms with Crippen LogP contribution in [0.3, 0.4) is 0 Å². The van der Waals surface area contributed by atoms with Gasteiger partial charge in [0, 0.05) is 7.05 Å². The van der Waals surface area contributed by atoms with E-state index < -0.39 is 0 Å². The van der Waals surface area contributed by atoms with Crippen LogP contribution >= 0.6 is 0 Å². The summed E-state index contributed by atoms with van der Waals surface area (Å²) in [6.45, 7) is 0. The number of hydrogen-bond acceptors (Lipinski definition) is 2. The fourth-order valence-corrected chi connectivity index (χ4v) is 0. The Kier molecular flexibility index (Phi) is 53.1. The molecule has 0 aromatic rings. The van der Waals surface area contributed by atoms with E-state index in [1.54, 1.807) is 5.48 Å². The summed E-state index contributed by atoms with van der Waals surface area (Å²) in [5.41, 5.74) is 1.75. The van der Waals surface area contributed by atoms with Crippen LogP contribution in [-0.2, 0) is 0 Å². The van der Waals surface area contributed by atoms with Gasteiger partial charge in [-0.3, -0.25) is 0 Å². The molecule has 4 heteroatoms. The summed E-state index contributed by atoms with van der Waals surface area (Å²) in [6, 6.07) is 0. The van der Waals surface area contributed by atoms with Crippen LogP contribution in [0.1, 0.15) is 0 Å². The summed E-state index contributed by atoms with van der Waals surface area (Å²) in [5, 5.41) is 7.32. The molecule has 0 aliphatic heterocycles. The Balaban J connectivity index is -0.0000000200. The molecule has 0 amide bonds. The van der Waals surface area contributed by atoms with Crippen molar-refractivity contribution < 1.29 is 5.21 Å². The molecule has 0 heterocycles. The molecule has 0 bridgehead atoms. The summed E-state index contributed by atoms with van der Waals surface area (Å²) < 4.78 is 0. The molecule has 5 heavy (non-hydrogen) atoms. The molecule has 0 aromatic carbocycles. The van der Waals surface area contributed by atoms with Crippen molar-refractivity contribution in [3.63, 3.8) is 0 Å². The van der Waals surface area contributed by atoms with Crippen molar-refractivity contribution in [1.82, 2.24) is 5.48 Å². The molecule has 2 nitrogen and oxygen atoms in total. The van der Waals surface area contributed by atoms with E-state index in [-0.39, 0.29) is 59.1 Å². The van der Waals surface area contributed by atoms with Crippen molar-refractivity contribution in [3.8, 4) is 0 Å². The number of hydroxylamine groups is 1. The normalized spacial score (nSPS) is 3.60. The van der Waals surface area contributed by atoms with Gasteiger partial charge in [0.05, 0.1) is 0 Å². The Morgan fingerprint density at radius 1 is 1.40 bits per heavy atom. The molecule has 24 valence electrons. The van der Waals surface area contributed by atoms with Gasteiger partial charge in [0.1, 0.15) is 0 Å². The summed E-state index contributed by atoms with van der Waals surface area (Å²) in [5.74, 6) is 0. The molecular formula is CH7NNa2O. The molecule has 0 radical (unpaired) electrons. The maximum absolute atomic E-state index is 7.32. The van der Waals surface area contributed by atoms with Crippen molar-refractivity contribution in [2.75, 3.05) is 7.05 Å². The van der Waals surface area contributed by atoms with E-state index in [1.165, 1.54) is 7.05 Å². The van der Waals surface area contributed by atoms with Crippen molar-refractivity contribution in [3.05, 3.63) is 0 Å². The van der Waals surface area contributed by atoms with Gasteiger partial charge >= 0.3 is 59.1 Å². The molecule has 0 aliphatic carbocycles. The molecular weight excluding hydrogens is 88.0 g/mol. The van der Waals surface area contributed by atoms with Crippen LogP contribution in [0.5, 0.6) is 0 Å². The molecule has 0 aromatic heterocycles. The van der Waals surface area contributed by atoms with Gasteiger partial charge in [0.15, 0.2) is 0 Å². The fraction of sp³-hybridized carbons (Fsp3) is 1.00. The van der Waals surface area contributed by atoms with Gasteiger partial charge in [-0.05, 0) is 0 Å². The Morgan fingerprint density at radius 2 is 1.40 bits per heavy atom. The molecule has 0 saturated heterocycles. The minimum atomic E-state index is 0. The van der Waals surface area contributed by atoms with Gasteiger partial charge in [-0.25, -0.2) is 5.48 Å². The van der Waals surface area contributed by atoms with E-state index in [4.69, 9.17) is 5.21 Å².